The first kappa shape index (κ1) is 21.7. The molecule has 0 fully saturated rings. The number of nitrogens with zero attached hydrogens (tertiary/aromatic N) is 1. The number of ether oxygens (including phenoxy) is 1. The summed E-state index contributed by atoms with van der Waals surface area (Å²) in [5.74, 6) is -0.644. The molecule has 0 heterocycles. The van der Waals surface area contributed by atoms with Crippen molar-refractivity contribution in [1.82, 2.24) is 4.90 Å². The van der Waals surface area contributed by atoms with Crippen molar-refractivity contribution in [2.75, 3.05) is 19.8 Å². The first-order chi connectivity index (χ1) is 13.2. The van der Waals surface area contributed by atoms with Crippen LogP contribution in [0.25, 0.3) is 0 Å². The van der Waals surface area contributed by atoms with Gasteiger partial charge in [0, 0.05) is 24.6 Å². The smallest absolute Gasteiger partial charge is 0.339 e. The van der Waals surface area contributed by atoms with Crippen LogP contribution in [-0.2, 0) is 9.53 Å². The maximum atomic E-state index is 12.7. The van der Waals surface area contributed by atoms with Gasteiger partial charge < -0.3 is 9.64 Å². The van der Waals surface area contributed by atoms with E-state index in [-0.39, 0.29) is 17.4 Å². The number of hydrogen-bond donors (Lipinski definition) is 0. The van der Waals surface area contributed by atoms with Gasteiger partial charge in [0.05, 0.1) is 11.3 Å². The molecule has 2 aromatic rings. The van der Waals surface area contributed by atoms with Crippen LogP contribution in [0, 0.1) is 13.8 Å². The van der Waals surface area contributed by atoms with Gasteiger partial charge in [-0.1, -0.05) is 29.8 Å². The fourth-order valence-corrected chi connectivity index (χ4v) is 3.55. The normalized spacial score (nSPS) is 11.6. The number of aryl methyl sites for hydroxylation is 2. The molecule has 28 heavy (non-hydrogen) atoms. The van der Waals surface area contributed by atoms with Crippen LogP contribution < -0.4 is 0 Å². The lowest BCUT2D eigenvalue weighted by Gasteiger charge is -2.16. The van der Waals surface area contributed by atoms with Gasteiger partial charge in [-0.05, 0) is 44.5 Å². The summed E-state index contributed by atoms with van der Waals surface area (Å²) in [5, 5.41) is 0. The number of ketones is 1. The van der Waals surface area contributed by atoms with Crippen LogP contribution in [0.2, 0.25) is 0 Å². The Balaban J connectivity index is 2.13. The Bertz CT molecular complexity index is 892. The molecule has 0 saturated carbocycles. The third kappa shape index (κ3) is 5.45. The van der Waals surface area contributed by atoms with E-state index in [1.54, 1.807) is 51.4 Å². The summed E-state index contributed by atoms with van der Waals surface area (Å²) in [6.45, 7) is 5.34. The van der Waals surface area contributed by atoms with Crippen molar-refractivity contribution in [3.63, 3.8) is 0 Å². The van der Waals surface area contributed by atoms with Crippen molar-refractivity contribution in [2.24, 2.45) is 0 Å². The minimum Gasteiger partial charge on any atom is -0.451 e. The lowest BCUT2D eigenvalue weighted by Crippen LogP contribution is -2.25. The molecule has 6 heteroatoms. The van der Waals surface area contributed by atoms with E-state index >= 15 is 0 Å². The van der Waals surface area contributed by atoms with Gasteiger partial charge in [0.2, 0.25) is 11.7 Å². The van der Waals surface area contributed by atoms with Gasteiger partial charge in [-0.25, -0.2) is 4.79 Å². The average molecular weight is 400 g/mol. The fraction of sp³-hybridized carbons (Fsp3) is 0.318. The molecule has 0 N–H and O–H groups in total. The Hall–Kier alpha value is -2.60. The van der Waals surface area contributed by atoms with E-state index in [0.29, 0.717) is 16.0 Å². The second-order valence-electron chi connectivity index (χ2n) is 6.80. The summed E-state index contributed by atoms with van der Waals surface area (Å²) >= 11 is 1.27. The van der Waals surface area contributed by atoms with Crippen molar-refractivity contribution in [3.05, 3.63) is 64.7 Å². The molecule has 2 aromatic carbocycles. The summed E-state index contributed by atoms with van der Waals surface area (Å²) in [6.07, 6.45) is -0.908. The minimum atomic E-state index is -0.908. The number of benzene rings is 2. The van der Waals surface area contributed by atoms with Gasteiger partial charge in [-0.15, -0.1) is 11.8 Å². The number of carbonyl (C=O) groups excluding carboxylic acids is 3. The van der Waals surface area contributed by atoms with E-state index in [1.807, 2.05) is 26.0 Å². The van der Waals surface area contributed by atoms with Gasteiger partial charge in [-0.3, -0.25) is 9.59 Å². The minimum absolute atomic E-state index is 0.0494. The van der Waals surface area contributed by atoms with Crippen LogP contribution in [0.1, 0.15) is 38.8 Å². The highest BCUT2D eigenvalue weighted by Gasteiger charge is 2.23. The van der Waals surface area contributed by atoms with E-state index in [4.69, 9.17) is 4.74 Å². The second kappa shape index (κ2) is 9.55. The van der Waals surface area contributed by atoms with Gasteiger partial charge in [0.15, 0.2) is 6.10 Å². The molecule has 2 rings (SSSR count). The largest absolute Gasteiger partial charge is 0.451 e. The zero-order chi connectivity index (χ0) is 20.8. The number of carbonyl (C=O) groups is 3. The molecular weight excluding hydrogens is 374 g/mol. The van der Waals surface area contributed by atoms with Gasteiger partial charge >= 0.3 is 5.97 Å². The standard InChI is InChI=1S/C22H25NO4S/c1-14-10-11-15(2)18(12-14)21(25)16(3)27-22(26)17-8-6-7-9-19(17)28-13-20(24)23(4)5/h6-12,16H,13H2,1-5H3/t16-/m1/s1. The fourth-order valence-electron chi connectivity index (χ4n) is 2.53. The molecule has 0 radical (unpaired) electrons. The second-order valence-corrected chi connectivity index (χ2v) is 7.82. The number of rotatable bonds is 7. The lowest BCUT2D eigenvalue weighted by molar-refractivity contribution is -0.125. The predicted octanol–water partition coefficient (Wildman–Crippen LogP) is 3.91. The maximum Gasteiger partial charge on any atom is 0.339 e. The maximum absolute atomic E-state index is 12.7. The van der Waals surface area contributed by atoms with E-state index in [1.165, 1.54) is 16.7 Å². The number of thioether (sulfide) groups is 1. The van der Waals surface area contributed by atoms with Crippen LogP contribution in [0.5, 0.6) is 0 Å². The van der Waals surface area contributed by atoms with Crippen LogP contribution >= 0.6 is 11.8 Å². The first-order valence-electron chi connectivity index (χ1n) is 8.95. The molecule has 0 aliphatic rings. The third-order valence-electron chi connectivity index (χ3n) is 4.27. The number of amides is 1. The third-order valence-corrected chi connectivity index (χ3v) is 5.33. The van der Waals surface area contributed by atoms with Crippen LogP contribution in [-0.4, -0.2) is 48.5 Å². The summed E-state index contributed by atoms with van der Waals surface area (Å²) in [6, 6.07) is 12.5. The summed E-state index contributed by atoms with van der Waals surface area (Å²) in [4.78, 5) is 39.4. The molecule has 0 bridgehead atoms. The number of Topliss-reactive ketones (excluding diaryl/α,β-unsaturated/α-hetero) is 1. The number of esters is 1. The zero-order valence-corrected chi connectivity index (χ0v) is 17.6. The molecule has 1 atom stereocenters. The van der Waals surface area contributed by atoms with Gasteiger partial charge in [0.25, 0.3) is 0 Å². The molecule has 148 valence electrons. The quantitative estimate of drug-likeness (QED) is 0.401. The van der Waals surface area contributed by atoms with Crippen molar-refractivity contribution >= 4 is 29.4 Å². The van der Waals surface area contributed by atoms with E-state index in [2.05, 4.69) is 0 Å². The van der Waals surface area contributed by atoms with Crippen LogP contribution in [0.3, 0.4) is 0 Å². The summed E-state index contributed by atoms with van der Waals surface area (Å²) < 4.78 is 5.45. The monoisotopic (exact) mass is 399 g/mol. The molecule has 0 aliphatic heterocycles. The Morgan fingerprint density at radius 2 is 1.71 bits per heavy atom. The zero-order valence-electron chi connectivity index (χ0n) is 16.8. The Morgan fingerprint density at radius 3 is 2.39 bits per heavy atom. The van der Waals surface area contributed by atoms with E-state index < -0.39 is 12.1 Å². The molecule has 0 spiro atoms. The van der Waals surface area contributed by atoms with Gasteiger partial charge in [0.1, 0.15) is 0 Å². The van der Waals surface area contributed by atoms with E-state index in [0.717, 1.165) is 11.1 Å². The van der Waals surface area contributed by atoms with Crippen molar-refractivity contribution in [1.29, 1.82) is 0 Å². The highest BCUT2D eigenvalue weighted by Crippen LogP contribution is 2.24. The molecule has 0 aliphatic carbocycles. The number of hydrogen-bond acceptors (Lipinski definition) is 5. The molecular formula is C22H25NO4S. The van der Waals surface area contributed by atoms with Gasteiger partial charge in [-0.2, -0.15) is 0 Å². The summed E-state index contributed by atoms with van der Waals surface area (Å²) in [7, 11) is 3.37. The van der Waals surface area contributed by atoms with Crippen molar-refractivity contribution < 1.29 is 19.1 Å². The van der Waals surface area contributed by atoms with Crippen LogP contribution in [0.15, 0.2) is 47.4 Å². The highest BCUT2D eigenvalue weighted by molar-refractivity contribution is 8.00. The SMILES string of the molecule is Cc1ccc(C)c(C(=O)[C@@H](C)OC(=O)c2ccccc2SCC(=O)N(C)C)c1. The van der Waals surface area contributed by atoms with E-state index in [9.17, 15) is 14.4 Å². The highest BCUT2D eigenvalue weighted by atomic mass is 32.2. The molecule has 1 amide bonds. The predicted molar refractivity (Wildman–Crippen MR) is 111 cm³/mol. The summed E-state index contributed by atoms with van der Waals surface area (Å²) in [5.41, 5.74) is 2.72. The Labute approximate surface area is 170 Å². The van der Waals surface area contributed by atoms with Crippen molar-refractivity contribution in [2.45, 2.75) is 31.8 Å². The lowest BCUT2D eigenvalue weighted by atomic mass is 9.99. The topological polar surface area (TPSA) is 63.7 Å². The molecule has 0 saturated heterocycles. The Kier molecular flexibility index (Phi) is 7.40. The average Bonchev–Trinajstić information content (AvgIpc) is 2.67. The van der Waals surface area contributed by atoms with Crippen LogP contribution in [0.4, 0.5) is 0 Å². The molecule has 0 aromatic heterocycles. The molecule has 5 nitrogen and oxygen atoms in total. The molecule has 0 unspecified atom stereocenters. The van der Waals surface area contributed by atoms with Crippen molar-refractivity contribution in [3.8, 4) is 0 Å². The first-order valence-corrected chi connectivity index (χ1v) is 9.93. The Morgan fingerprint density at radius 1 is 1.04 bits per heavy atom.